The van der Waals surface area contributed by atoms with Crippen LogP contribution >= 0.6 is 0 Å². The predicted octanol–water partition coefficient (Wildman–Crippen LogP) is 1.84. The summed E-state index contributed by atoms with van der Waals surface area (Å²) in [5.74, 6) is 0.0705. The van der Waals surface area contributed by atoms with Gasteiger partial charge in [-0.15, -0.1) is 0 Å². The summed E-state index contributed by atoms with van der Waals surface area (Å²) >= 11 is 0. The van der Waals surface area contributed by atoms with Gasteiger partial charge in [0.05, 0.1) is 11.7 Å². The fourth-order valence-corrected chi connectivity index (χ4v) is 3.02. The maximum atomic E-state index is 12.6. The molecular formula is C15H20N2O2. The Labute approximate surface area is 113 Å². The van der Waals surface area contributed by atoms with Crippen LogP contribution in [0.25, 0.3) is 0 Å². The Hall–Kier alpha value is -1.55. The van der Waals surface area contributed by atoms with Crippen LogP contribution in [0.5, 0.6) is 0 Å². The van der Waals surface area contributed by atoms with Crippen molar-refractivity contribution >= 4 is 11.6 Å². The van der Waals surface area contributed by atoms with E-state index in [-0.39, 0.29) is 12.0 Å². The molecule has 1 saturated heterocycles. The fourth-order valence-electron chi connectivity index (χ4n) is 3.02. The van der Waals surface area contributed by atoms with Gasteiger partial charge in [-0.05, 0) is 37.3 Å². The van der Waals surface area contributed by atoms with Crippen LogP contribution in [0.4, 0.5) is 5.69 Å². The van der Waals surface area contributed by atoms with Crippen LogP contribution in [0, 0.1) is 0 Å². The minimum atomic E-state index is 0.0705. The number of nitrogens with two attached hydrogens (primary N) is 1. The average Bonchev–Trinajstić information content (AvgIpc) is 2.84. The Kier molecular flexibility index (Phi) is 3.42. The lowest BCUT2D eigenvalue weighted by Crippen LogP contribution is -2.37. The summed E-state index contributed by atoms with van der Waals surface area (Å²) in [6.45, 7) is 2.32. The number of hydrogen-bond donors (Lipinski definition) is 1. The van der Waals surface area contributed by atoms with E-state index in [1.165, 1.54) is 0 Å². The molecule has 0 aliphatic carbocycles. The minimum absolute atomic E-state index is 0.0705. The molecule has 2 aliphatic rings. The maximum absolute atomic E-state index is 12.6. The highest BCUT2D eigenvalue weighted by molar-refractivity contribution is 6.01. The quantitative estimate of drug-likeness (QED) is 0.825. The van der Waals surface area contributed by atoms with E-state index in [4.69, 9.17) is 10.5 Å². The van der Waals surface area contributed by atoms with Gasteiger partial charge in [0.25, 0.3) is 5.91 Å². The largest absolute Gasteiger partial charge is 0.398 e. The first kappa shape index (κ1) is 12.5. The summed E-state index contributed by atoms with van der Waals surface area (Å²) in [6, 6.07) is 5.75. The van der Waals surface area contributed by atoms with Crippen molar-refractivity contribution < 1.29 is 9.53 Å². The van der Waals surface area contributed by atoms with Crippen LogP contribution in [0.1, 0.15) is 35.2 Å². The molecule has 2 N–H and O–H groups in total. The van der Waals surface area contributed by atoms with Gasteiger partial charge in [0.2, 0.25) is 0 Å². The lowest BCUT2D eigenvalue weighted by atomic mass is 10.0. The van der Waals surface area contributed by atoms with Gasteiger partial charge in [-0.25, -0.2) is 0 Å². The van der Waals surface area contributed by atoms with Gasteiger partial charge < -0.3 is 15.4 Å². The number of rotatable bonds is 2. The molecule has 0 aromatic heterocycles. The summed E-state index contributed by atoms with van der Waals surface area (Å²) in [5, 5.41) is 0. The topological polar surface area (TPSA) is 55.6 Å². The Morgan fingerprint density at radius 2 is 2.26 bits per heavy atom. The van der Waals surface area contributed by atoms with E-state index in [9.17, 15) is 4.79 Å². The molecule has 1 amide bonds. The number of benzene rings is 1. The standard InChI is InChI=1S/C15H20N2O2/c16-13-7-1-4-11-5-2-8-17(15(18)14(11)13)10-12-6-3-9-19-12/h1,4,7,12H,2-3,5-6,8-10,16H2. The monoisotopic (exact) mass is 260 g/mol. The first-order valence-corrected chi connectivity index (χ1v) is 7.04. The van der Waals surface area contributed by atoms with E-state index in [1.807, 2.05) is 23.1 Å². The third-order valence-electron chi connectivity index (χ3n) is 4.01. The van der Waals surface area contributed by atoms with Gasteiger partial charge in [-0.1, -0.05) is 12.1 Å². The maximum Gasteiger partial charge on any atom is 0.256 e. The van der Waals surface area contributed by atoms with Gasteiger partial charge in [0.1, 0.15) is 0 Å². The number of amides is 1. The Balaban J connectivity index is 1.84. The molecule has 0 bridgehead atoms. The number of hydrogen-bond acceptors (Lipinski definition) is 3. The smallest absolute Gasteiger partial charge is 0.256 e. The van der Waals surface area contributed by atoms with Crippen LogP contribution in [0.3, 0.4) is 0 Å². The van der Waals surface area contributed by atoms with Crippen LogP contribution < -0.4 is 5.73 Å². The number of nitrogen functional groups attached to an aromatic ring is 1. The third-order valence-corrected chi connectivity index (χ3v) is 4.01. The van der Waals surface area contributed by atoms with Crippen molar-refractivity contribution in [3.63, 3.8) is 0 Å². The number of nitrogens with zero attached hydrogens (tertiary/aromatic N) is 1. The molecule has 102 valence electrons. The van der Waals surface area contributed by atoms with E-state index in [1.54, 1.807) is 0 Å². The molecule has 3 rings (SSSR count). The summed E-state index contributed by atoms with van der Waals surface area (Å²) in [6.07, 6.45) is 4.28. The number of fused-ring (bicyclic) bond motifs is 1. The molecule has 4 nitrogen and oxygen atoms in total. The van der Waals surface area contributed by atoms with Gasteiger partial charge >= 0.3 is 0 Å². The van der Waals surface area contributed by atoms with E-state index in [2.05, 4.69) is 0 Å². The highest BCUT2D eigenvalue weighted by Crippen LogP contribution is 2.25. The van der Waals surface area contributed by atoms with Crippen LogP contribution in [0.15, 0.2) is 18.2 Å². The van der Waals surface area contributed by atoms with Crippen LogP contribution in [0.2, 0.25) is 0 Å². The SMILES string of the molecule is Nc1cccc2c1C(=O)N(CC1CCCO1)CCC2. The van der Waals surface area contributed by atoms with Gasteiger partial charge in [-0.2, -0.15) is 0 Å². The molecule has 1 aromatic rings. The van der Waals surface area contributed by atoms with E-state index >= 15 is 0 Å². The summed E-state index contributed by atoms with van der Waals surface area (Å²) in [4.78, 5) is 14.6. The van der Waals surface area contributed by atoms with Gasteiger partial charge in [0.15, 0.2) is 0 Å². The molecule has 2 aliphatic heterocycles. The van der Waals surface area contributed by atoms with Gasteiger partial charge in [0, 0.05) is 25.4 Å². The normalized spacial score (nSPS) is 23.3. The summed E-state index contributed by atoms with van der Waals surface area (Å²) in [5.41, 5.74) is 8.38. The molecule has 19 heavy (non-hydrogen) atoms. The zero-order valence-electron chi connectivity index (χ0n) is 11.1. The summed E-state index contributed by atoms with van der Waals surface area (Å²) < 4.78 is 5.64. The van der Waals surface area contributed by atoms with E-state index in [0.29, 0.717) is 17.8 Å². The highest BCUT2D eigenvalue weighted by atomic mass is 16.5. The Bertz CT molecular complexity index is 481. The number of anilines is 1. The molecule has 0 radical (unpaired) electrons. The lowest BCUT2D eigenvalue weighted by molar-refractivity contribution is 0.0532. The zero-order chi connectivity index (χ0) is 13.2. The van der Waals surface area contributed by atoms with Crippen molar-refractivity contribution in [2.24, 2.45) is 0 Å². The van der Waals surface area contributed by atoms with Gasteiger partial charge in [-0.3, -0.25) is 4.79 Å². The van der Waals surface area contributed by atoms with E-state index < -0.39 is 0 Å². The van der Waals surface area contributed by atoms with Crippen LogP contribution in [-0.2, 0) is 11.2 Å². The molecule has 0 saturated carbocycles. The number of carbonyl (C=O) groups is 1. The lowest BCUT2D eigenvalue weighted by Gasteiger charge is -2.24. The number of ether oxygens (including phenoxy) is 1. The molecule has 1 unspecified atom stereocenters. The first-order chi connectivity index (χ1) is 9.25. The third kappa shape index (κ3) is 2.45. The Morgan fingerprint density at radius 1 is 1.37 bits per heavy atom. The van der Waals surface area contributed by atoms with Crippen molar-refractivity contribution in [2.75, 3.05) is 25.4 Å². The average molecular weight is 260 g/mol. The second-order valence-corrected chi connectivity index (χ2v) is 5.37. The molecule has 1 fully saturated rings. The summed E-state index contributed by atoms with van der Waals surface area (Å²) in [7, 11) is 0. The molecule has 2 heterocycles. The van der Waals surface area contributed by atoms with Crippen molar-refractivity contribution in [2.45, 2.75) is 31.8 Å². The Morgan fingerprint density at radius 3 is 3.05 bits per heavy atom. The second-order valence-electron chi connectivity index (χ2n) is 5.37. The van der Waals surface area contributed by atoms with Crippen molar-refractivity contribution in [3.8, 4) is 0 Å². The molecular weight excluding hydrogens is 240 g/mol. The van der Waals surface area contributed by atoms with Crippen LogP contribution in [-0.4, -0.2) is 36.6 Å². The first-order valence-electron chi connectivity index (χ1n) is 7.04. The number of carbonyl (C=O) groups excluding carboxylic acids is 1. The molecule has 1 aromatic carbocycles. The molecule has 1 atom stereocenters. The van der Waals surface area contributed by atoms with Crippen molar-refractivity contribution in [1.82, 2.24) is 4.90 Å². The second kappa shape index (κ2) is 5.21. The minimum Gasteiger partial charge on any atom is -0.398 e. The van der Waals surface area contributed by atoms with Crippen molar-refractivity contribution in [1.29, 1.82) is 0 Å². The van der Waals surface area contributed by atoms with Crippen molar-refractivity contribution in [3.05, 3.63) is 29.3 Å². The number of aryl methyl sites for hydroxylation is 1. The predicted molar refractivity (Wildman–Crippen MR) is 74.1 cm³/mol. The van der Waals surface area contributed by atoms with E-state index in [0.717, 1.165) is 44.4 Å². The highest BCUT2D eigenvalue weighted by Gasteiger charge is 2.27. The fraction of sp³-hybridized carbons (Fsp3) is 0.533. The molecule has 0 spiro atoms. The zero-order valence-corrected chi connectivity index (χ0v) is 11.1. The molecule has 4 heteroatoms.